The third-order valence-electron chi connectivity index (χ3n) is 5.35. The summed E-state index contributed by atoms with van der Waals surface area (Å²) in [4.78, 5) is 39.9. The molecule has 0 bridgehead atoms. The summed E-state index contributed by atoms with van der Waals surface area (Å²) in [6.45, 7) is 6.10. The smallest absolute Gasteiger partial charge is 0.277 e. The molecule has 0 unspecified atom stereocenters. The predicted molar refractivity (Wildman–Crippen MR) is 102 cm³/mol. The van der Waals surface area contributed by atoms with Gasteiger partial charge in [-0.25, -0.2) is 0 Å². The number of rotatable bonds is 6. The van der Waals surface area contributed by atoms with E-state index in [1.54, 1.807) is 12.1 Å². The molecule has 1 fully saturated rings. The molecule has 27 heavy (non-hydrogen) atoms. The van der Waals surface area contributed by atoms with Gasteiger partial charge in [-0.1, -0.05) is 20.3 Å². The molecule has 0 aliphatic carbocycles. The highest BCUT2D eigenvalue weighted by Gasteiger charge is 2.41. The second kappa shape index (κ2) is 7.90. The molecule has 7 nitrogen and oxygen atoms in total. The quantitative estimate of drug-likeness (QED) is 0.436. The number of nitro groups is 1. The van der Waals surface area contributed by atoms with Gasteiger partial charge >= 0.3 is 0 Å². The fraction of sp³-hybridized carbons (Fsp3) is 0.500. The van der Waals surface area contributed by atoms with Gasteiger partial charge in [0.2, 0.25) is 0 Å². The van der Waals surface area contributed by atoms with Crippen LogP contribution in [0.15, 0.2) is 30.0 Å². The van der Waals surface area contributed by atoms with Crippen molar-refractivity contribution < 1.29 is 14.5 Å². The highest BCUT2D eigenvalue weighted by Crippen LogP contribution is 2.34. The molecule has 2 aliphatic rings. The molecule has 1 aromatic carbocycles. The molecular weight excluding hydrogens is 346 g/mol. The highest BCUT2D eigenvalue weighted by atomic mass is 16.6. The van der Waals surface area contributed by atoms with Crippen LogP contribution in [0.3, 0.4) is 0 Å². The number of carbonyl (C=O) groups excluding carboxylic acids is 2. The Kier molecular flexibility index (Phi) is 5.58. The lowest BCUT2D eigenvalue weighted by Crippen LogP contribution is -2.38. The number of piperidine rings is 1. The Labute approximate surface area is 158 Å². The van der Waals surface area contributed by atoms with Gasteiger partial charge in [-0.05, 0) is 42.9 Å². The number of hydrogen-bond donors (Lipinski definition) is 0. The van der Waals surface area contributed by atoms with E-state index in [2.05, 4.69) is 6.92 Å². The van der Waals surface area contributed by atoms with Gasteiger partial charge in [-0.15, -0.1) is 0 Å². The van der Waals surface area contributed by atoms with Crippen molar-refractivity contribution >= 4 is 23.1 Å². The number of nitro benzene ring substituents is 1. The molecule has 1 saturated heterocycles. The average molecular weight is 371 g/mol. The van der Waals surface area contributed by atoms with Crippen LogP contribution in [0, 0.1) is 16.0 Å². The molecular formula is C20H25N3O4. The molecule has 0 N–H and O–H groups in total. The van der Waals surface area contributed by atoms with Crippen LogP contribution in [-0.4, -0.2) is 46.2 Å². The number of likely N-dealkylation sites (tertiary alicyclic amines) is 1. The lowest BCUT2D eigenvalue weighted by atomic mass is 9.97. The van der Waals surface area contributed by atoms with Crippen molar-refractivity contribution in [2.24, 2.45) is 5.92 Å². The Morgan fingerprint density at radius 3 is 2.30 bits per heavy atom. The minimum Gasteiger partial charge on any atom is -0.366 e. The van der Waals surface area contributed by atoms with E-state index in [1.807, 2.05) is 11.8 Å². The Hall–Kier alpha value is -2.70. The van der Waals surface area contributed by atoms with Gasteiger partial charge in [0, 0.05) is 31.8 Å². The molecule has 1 aromatic rings. The Balaban J connectivity index is 2.00. The fourth-order valence-corrected chi connectivity index (χ4v) is 3.62. The van der Waals surface area contributed by atoms with E-state index >= 15 is 0 Å². The summed E-state index contributed by atoms with van der Waals surface area (Å²) in [5.74, 6) is 0.0698. The first-order valence-corrected chi connectivity index (χ1v) is 9.54. The van der Waals surface area contributed by atoms with Gasteiger partial charge < -0.3 is 4.90 Å². The van der Waals surface area contributed by atoms with Crippen LogP contribution in [0.25, 0.3) is 5.57 Å². The summed E-state index contributed by atoms with van der Waals surface area (Å²) in [6.07, 6.45) is 3.61. The van der Waals surface area contributed by atoms with Crippen LogP contribution in [-0.2, 0) is 9.59 Å². The Bertz CT molecular complexity index is 777. The van der Waals surface area contributed by atoms with Crippen LogP contribution in [0.5, 0.6) is 0 Å². The Morgan fingerprint density at radius 1 is 1.11 bits per heavy atom. The minimum absolute atomic E-state index is 0.0349. The number of non-ortho nitro benzene ring substituents is 1. The van der Waals surface area contributed by atoms with Gasteiger partial charge in [-0.3, -0.25) is 24.6 Å². The summed E-state index contributed by atoms with van der Waals surface area (Å²) in [5.41, 5.74) is 1.36. The summed E-state index contributed by atoms with van der Waals surface area (Å²) in [7, 11) is 0. The van der Waals surface area contributed by atoms with Crippen molar-refractivity contribution in [1.29, 1.82) is 0 Å². The molecule has 0 spiro atoms. The van der Waals surface area contributed by atoms with E-state index in [0.717, 1.165) is 38.8 Å². The third-order valence-corrected chi connectivity index (χ3v) is 5.35. The van der Waals surface area contributed by atoms with E-state index in [0.29, 0.717) is 29.3 Å². The molecule has 2 aliphatic heterocycles. The summed E-state index contributed by atoms with van der Waals surface area (Å²) in [5, 5.41) is 10.9. The molecule has 144 valence electrons. The minimum atomic E-state index is -0.472. The van der Waals surface area contributed by atoms with Crippen molar-refractivity contribution in [1.82, 2.24) is 9.80 Å². The van der Waals surface area contributed by atoms with Gasteiger partial charge in [0.25, 0.3) is 17.5 Å². The topological polar surface area (TPSA) is 83.8 Å². The number of carbonyl (C=O) groups is 2. The molecule has 0 aromatic heterocycles. The number of amides is 2. The third kappa shape index (κ3) is 3.72. The molecule has 3 rings (SSSR count). The van der Waals surface area contributed by atoms with Crippen LogP contribution in [0.4, 0.5) is 5.69 Å². The Morgan fingerprint density at radius 2 is 1.74 bits per heavy atom. The number of benzene rings is 1. The number of unbranched alkanes of at least 4 members (excludes halogenated alkanes) is 1. The molecule has 2 amide bonds. The van der Waals surface area contributed by atoms with E-state index in [-0.39, 0.29) is 17.5 Å². The first-order chi connectivity index (χ1) is 12.9. The van der Waals surface area contributed by atoms with Gasteiger partial charge in [0.1, 0.15) is 5.70 Å². The zero-order chi connectivity index (χ0) is 19.6. The molecule has 0 atom stereocenters. The monoisotopic (exact) mass is 371 g/mol. The second-order valence-electron chi connectivity index (χ2n) is 7.31. The maximum absolute atomic E-state index is 13.1. The fourth-order valence-electron chi connectivity index (χ4n) is 3.62. The van der Waals surface area contributed by atoms with Crippen LogP contribution >= 0.6 is 0 Å². The summed E-state index contributed by atoms with van der Waals surface area (Å²) >= 11 is 0. The first-order valence-electron chi connectivity index (χ1n) is 9.54. The molecule has 0 radical (unpaired) electrons. The van der Waals surface area contributed by atoms with E-state index in [4.69, 9.17) is 0 Å². The van der Waals surface area contributed by atoms with Crippen molar-refractivity contribution in [3.63, 3.8) is 0 Å². The number of hydrogen-bond acceptors (Lipinski definition) is 5. The van der Waals surface area contributed by atoms with Crippen LogP contribution in [0.1, 0.15) is 45.1 Å². The molecule has 0 saturated carbocycles. The van der Waals surface area contributed by atoms with Crippen LogP contribution in [0.2, 0.25) is 0 Å². The highest BCUT2D eigenvalue weighted by molar-refractivity contribution is 6.35. The van der Waals surface area contributed by atoms with E-state index in [1.165, 1.54) is 17.0 Å². The SMILES string of the molecule is CCCCN1C(=O)C(c2ccc([N+](=O)[O-])cc2)=C(N2CCC(C)CC2)C1=O. The maximum Gasteiger partial charge on any atom is 0.277 e. The zero-order valence-electron chi connectivity index (χ0n) is 15.8. The predicted octanol–water partition coefficient (Wildman–Crippen LogP) is 3.21. The molecule has 7 heteroatoms. The van der Waals surface area contributed by atoms with Crippen molar-refractivity contribution in [2.75, 3.05) is 19.6 Å². The van der Waals surface area contributed by atoms with Crippen molar-refractivity contribution in [3.8, 4) is 0 Å². The normalized spacial score (nSPS) is 18.6. The van der Waals surface area contributed by atoms with Gasteiger partial charge in [0.15, 0.2) is 0 Å². The lowest BCUT2D eigenvalue weighted by Gasteiger charge is -2.32. The zero-order valence-corrected chi connectivity index (χ0v) is 15.8. The molecule has 2 heterocycles. The van der Waals surface area contributed by atoms with Crippen molar-refractivity contribution in [2.45, 2.75) is 39.5 Å². The average Bonchev–Trinajstić information content (AvgIpc) is 2.91. The second-order valence-corrected chi connectivity index (χ2v) is 7.31. The number of imide groups is 1. The van der Waals surface area contributed by atoms with E-state index in [9.17, 15) is 19.7 Å². The standard InChI is InChI=1S/C20H25N3O4/c1-3-4-11-22-19(24)17(15-5-7-16(8-6-15)23(26)27)18(20(22)25)21-12-9-14(2)10-13-21/h5-8,14H,3-4,9-13H2,1-2H3. The van der Waals surface area contributed by atoms with Crippen molar-refractivity contribution in [3.05, 3.63) is 45.6 Å². The maximum atomic E-state index is 13.1. The van der Waals surface area contributed by atoms with Crippen LogP contribution < -0.4 is 0 Å². The van der Waals surface area contributed by atoms with Gasteiger partial charge in [0.05, 0.1) is 10.5 Å². The lowest BCUT2D eigenvalue weighted by molar-refractivity contribution is -0.384. The van der Waals surface area contributed by atoms with E-state index < -0.39 is 4.92 Å². The summed E-state index contributed by atoms with van der Waals surface area (Å²) in [6, 6.07) is 5.89. The van der Waals surface area contributed by atoms with Gasteiger partial charge in [-0.2, -0.15) is 0 Å². The largest absolute Gasteiger partial charge is 0.366 e. The first kappa shape index (κ1) is 19.1. The summed E-state index contributed by atoms with van der Waals surface area (Å²) < 4.78 is 0. The number of nitrogens with zero attached hydrogens (tertiary/aromatic N) is 3.